The lowest BCUT2D eigenvalue weighted by Gasteiger charge is -2.29. The minimum Gasteiger partial charge on any atom is -0.315 e. The fourth-order valence-corrected chi connectivity index (χ4v) is 7.75. The van der Waals surface area contributed by atoms with Gasteiger partial charge in [0.1, 0.15) is 6.04 Å². The van der Waals surface area contributed by atoms with Gasteiger partial charge in [-0.05, 0) is 49.0 Å². The number of amides is 3. The van der Waals surface area contributed by atoms with E-state index in [4.69, 9.17) is 9.39 Å². The molecule has 4 heterocycles. The van der Waals surface area contributed by atoms with Crippen LogP contribution in [0.1, 0.15) is 19.3 Å². The van der Waals surface area contributed by atoms with Gasteiger partial charge in [-0.3, -0.25) is 25.1 Å². The quantitative estimate of drug-likeness (QED) is 0.161. The van der Waals surface area contributed by atoms with Crippen LogP contribution in [0.4, 0.5) is 4.79 Å². The summed E-state index contributed by atoms with van der Waals surface area (Å²) in [5, 5.41) is 7.49. The predicted molar refractivity (Wildman–Crippen MR) is 114 cm³/mol. The maximum Gasteiger partial charge on any atom is 0.418 e. The Morgan fingerprint density at radius 2 is 2.06 bits per heavy atom. The summed E-state index contributed by atoms with van der Waals surface area (Å²) in [7, 11) is -4.68. The molecule has 4 N–H and O–H groups in total. The van der Waals surface area contributed by atoms with Crippen LogP contribution in [0.5, 0.6) is 0 Å². The maximum absolute atomic E-state index is 12.5. The third-order valence-corrected chi connectivity index (χ3v) is 9.39. The number of rotatable bonds is 8. The molecule has 0 aromatic heterocycles. The SMILES string of the molecule is O=C(NOC[C@H]1C[C@@H](C[SH]2CCNCC2)CN1)[C@@H]1CC[C@@H]2CN1C(=O)N2OS(=O)(=O)O. The van der Waals surface area contributed by atoms with E-state index in [-0.39, 0.29) is 23.5 Å². The van der Waals surface area contributed by atoms with Gasteiger partial charge in [0.2, 0.25) is 0 Å². The average Bonchev–Trinajstić information content (AvgIpc) is 3.26. The zero-order valence-corrected chi connectivity index (χ0v) is 18.9. The standard InChI is InChI=1S/C17H31N5O7S2/c23-16(15-2-1-14-9-21(15)17(24)22(14)29-31(25,26)27)20-28-10-13-7-12(8-19-13)11-30-5-3-18-4-6-30/h12-15,18-19,30H,1-11H2,(H,20,23)(H,25,26,27)/t12-,13-,14-,15+/m1/s1. The molecule has 4 aliphatic heterocycles. The first-order chi connectivity index (χ1) is 14.8. The van der Waals surface area contributed by atoms with E-state index >= 15 is 0 Å². The summed E-state index contributed by atoms with van der Waals surface area (Å²) in [5.74, 6) is 4.09. The Hall–Kier alpha value is -1.16. The van der Waals surface area contributed by atoms with Gasteiger partial charge >= 0.3 is 16.4 Å². The molecule has 31 heavy (non-hydrogen) atoms. The largest absolute Gasteiger partial charge is 0.418 e. The lowest BCUT2D eigenvalue weighted by Crippen LogP contribution is -2.50. The Balaban J connectivity index is 1.19. The summed E-state index contributed by atoms with van der Waals surface area (Å²) in [5.41, 5.74) is 2.44. The molecule has 4 rings (SSSR count). The molecule has 0 aliphatic carbocycles. The number of nitrogens with one attached hydrogen (secondary N) is 3. The van der Waals surface area contributed by atoms with Crippen molar-refractivity contribution in [3.05, 3.63) is 0 Å². The van der Waals surface area contributed by atoms with Crippen LogP contribution < -0.4 is 16.1 Å². The van der Waals surface area contributed by atoms with Crippen molar-refractivity contribution < 1.29 is 31.7 Å². The van der Waals surface area contributed by atoms with Crippen LogP contribution >= 0.6 is 10.9 Å². The Morgan fingerprint density at radius 1 is 1.29 bits per heavy atom. The lowest BCUT2D eigenvalue weighted by molar-refractivity contribution is -0.139. The molecule has 14 heteroatoms. The fraction of sp³-hybridized carbons (Fsp3) is 0.882. The van der Waals surface area contributed by atoms with Gasteiger partial charge in [0.25, 0.3) is 5.91 Å². The lowest BCUT2D eigenvalue weighted by atomic mass is 10.0. The van der Waals surface area contributed by atoms with Crippen LogP contribution in [0.2, 0.25) is 0 Å². The van der Waals surface area contributed by atoms with Gasteiger partial charge in [0.15, 0.2) is 0 Å². The van der Waals surface area contributed by atoms with E-state index in [2.05, 4.69) is 20.4 Å². The molecule has 178 valence electrons. The average molecular weight is 482 g/mol. The summed E-state index contributed by atoms with van der Waals surface area (Å²) in [6.45, 7) is 3.74. The summed E-state index contributed by atoms with van der Waals surface area (Å²) in [6, 6.07) is -1.88. The molecule has 4 fully saturated rings. The number of carbonyl (C=O) groups excluding carboxylic acids is 2. The Kier molecular flexibility index (Phi) is 7.25. The highest BCUT2D eigenvalue weighted by molar-refractivity contribution is 8.17. The van der Waals surface area contributed by atoms with Gasteiger partial charge in [0.05, 0.1) is 12.6 Å². The molecule has 4 aliphatic rings. The number of thiol groups is 1. The monoisotopic (exact) mass is 481 g/mol. The van der Waals surface area contributed by atoms with Crippen molar-refractivity contribution >= 4 is 33.2 Å². The predicted octanol–water partition coefficient (Wildman–Crippen LogP) is -1.38. The number of urea groups is 1. The molecule has 0 radical (unpaired) electrons. The molecule has 0 aromatic rings. The topological polar surface area (TPSA) is 150 Å². The molecular formula is C17H31N5O7S2. The smallest absolute Gasteiger partial charge is 0.315 e. The molecule has 0 spiro atoms. The van der Waals surface area contributed by atoms with Crippen molar-refractivity contribution in [2.24, 2.45) is 5.92 Å². The summed E-state index contributed by atoms with van der Waals surface area (Å²) < 4.78 is 35.1. The van der Waals surface area contributed by atoms with Crippen LogP contribution in [0.25, 0.3) is 0 Å². The fourth-order valence-electron chi connectivity index (χ4n) is 4.81. The van der Waals surface area contributed by atoms with Crippen molar-refractivity contribution in [3.8, 4) is 0 Å². The van der Waals surface area contributed by atoms with E-state index in [9.17, 15) is 18.0 Å². The van der Waals surface area contributed by atoms with E-state index in [1.807, 2.05) is 0 Å². The van der Waals surface area contributed by atoms with Crippen LogP contribution in [-0.4, -0.2) is 103 Å². The minimum absolute atomic E-state index is 0.128. The highest BCUT2D eigenvalue weighted by Crippen LogP contribution is 2.32. The molecule has 2 bridgehead atoms. The maximum atomic E-state index is 12.5. The molecule has 0 unspecified atom stereocenters. The Labute approximate surface area is 184 Å². The summed E-state index contributed by atoms with van der Waals surface area (Å²) >= 11 is 0. The van der Waals surface area contributed by atoms with Crippen LogP contribution in [0, 0.1) is 5.92 Å². The minimum atomic E-state index is -4.81. The van der Waals surface area contributed by atoms with Crippen LogP contribution in [0.3, 0.4) is 0 Å². The van der Waals surface area contributed by atoms with Gasteiger partial charge in [-0.15, -0.1) is 4.28 Å². The van der Waals surface area contributed by atoms with Gasteiger partial charge in [0, 0.05) is 25.7 Å². The zero-order chi connectivity index (χ0) is 22.0. The second-order valence-corrected chi connectivity index (χ2v) is 12.2. The van der Waals surface area contributed by atoms with E-state index < -0.39 is 34.4 Å². The molecule has 12 nitrogen and oxygen atoms in total. The van der Waals surface area contributed by atoms with Crippen molar-refractivity contribution in [1.82, 2.24) is 26.1 Å². The highest BCUT2D eigenvalue weighted by atomic mass is 32.3. The Bertz CT molecular complexity index is 779. The zero-order valence-electron chi connectivity index (χ0n) is 17.2. The number of hydrogen-bond acceptors (Lipinski definition) is 8. The van der Waals surface area contributed by atoms with Crippen molar-refractivity contribution in [1.29, 1.82) is 0 Å². The number of piperidine rings is 1. The first kappa shape index (κ1) is 23.0. The van der Waals surface area contributed by atoms with Gasteiger partial charge in [-0.2, -0.15) is 13.5 Å². The van der Waals surface area contributed by atoms with Crippen molar-refractivity contribution in [2.75, 3.05) is 50.0 Å². The van der Waals surface area contributed by atoms with Gasteiger partial charge < -0.3 is 15.5 Å². The van der Waals surface area contributed by atoms with E-state index in [0.717, 1.165) is 26.1 Å². The number of hydroxylamine groups is 3. The van der Waals surface area contributed by atoms with Crippen molar-refractivity contribution in [2.45, 2.75) is 37.4 Å². The Morgan fingerprint density at radius 3 is 2.81 bits per heavy atom. The molecule has 0 saturated carbocycles. The molecule has 0 aromatic carbocycles. The third-order valence-electron chi connectivity index (χ3n) is 6.30. The summed E-state index contributed by atoms with van der Waals surface area (Å²) in [6.07, 6.45) is 1.75. The van der Waals surface area contributed by atoms with Crippen molar-refractivity contribution in [3.63, 3.8) is 0 Å². The highest BCUT2D eigenvalue weighted by Gasteiger charge is 2.49. The third kappa shape index (κ3) is 5.80. The van der Waals surface area contributed by atoms with E-state index in [0.29, 0.717) is 30.4 Å². The first-order valence-electron chi connectivity index (χ1n) is 10.6. The molecule has 4 atom stereocenters. The number of nitrogens with zero attached hydrogens (tertiary/aromatic N) is 2. The van der Waals surface area contributed by atoms with Gasteiger partial charge in [-0.1, -0.05) is 0 Å². The number of carbonyl (C=O) groups is 2. The number of hydrogen-bond donors (Lipinski definition) is 5. The van der Waals surface area contributed by atoms with E-state index in [1.165, 1.54) is 22.2 Å². The number of fused-ring (bicyclic) bond motifs is 2. The van der Waals surface area contributed by atoms with Gasteiger partial charge in [-0.25, -0.2) is 10.3 Å². The summed E-state index contributed by atoms with van der Waals surface area (Å²) in [4.78, 5) is 31.6. The molecular weight excluding hydrogens is 450 g/mol. The van der Waals surface area contributed by atoms with E-state index in [1.54, 1.807) is 0 Å². The second kappa shape index (κ2) is 9.77. The first-order valence-corrected chi connectivity index (χ1v) is 13.9. The van der Waals surface area contributed by atoms with Crippen LogP contribution in [0.15, 0.2) is 0 Å². The molecule has 3 amide bonds. The molecule has 4 saturated heterocycles. The normalized spacial score (nSPS) is 32.5. The second-order valence-electron chi connectivity index (χ2n) is 8.54. The van der Waals surface area contributed by atoms with Crippen LogP contribution in [-0.2, 0) is 24.3 Å².